The van der Waals surface area contributed by atoms with Crippen LogP contribution < -0.4 is 15.1 Å². The van der Waals surface area contributed by atoms with Crippen molar-refractivity contribution in [3.63, 3.8) is 0 Å². The van der Waals surface area contributed by atoms with Crippen molar-refractivity contribution < 1.29 is 15.1 Å². The summed E-state index contributed by atoms with van der Waals surface area (Å²) in [5.74, 6) is 0. The van der Waals surface area contributed by atoms with Gasteiger partial charge in [-0.05, 0) is 24.3 Å². The maximum Gasteiger partial charge on any atom is 3.00 e. The molecule has 2 aromatic heterocycles. The topological polar surface area (TPSA) is 101 Å². The summed E-state index contributed by atoms with van der Waals surface area (Å²) < 4.78 is 0. The van der Waals surface area contributed by atoms with Gasteiger partial charge in [0.1, 0.15) is 0 Å². The van der Waals surface area contributed by atoms with Gasteiger partial charge >= 0.3 is 8.41 Å². The summed E-state index contributed by atoms with van der Waals surface area (Å²) in [4.78, 5) is 5.72. The summed E-state index contributed by atoms with van der Waals surface area (Å²) in [6.07, 6.45) is 7.50. The second kappa shape index (κ2) is 12.6. The zero-order valence-electron chi connectivity index (χ0n) is 8.00. The average molecular weight is 204 g/mol. The van der Waals surface area contributed by atoms with Gasteiger partial charge < -0.3 is 25.0 Å². The minimum Gasteiger partial charge on any atom is -0.907 e. The van der Waals surface area contributed by atoms with Crippen molar-refractivity contribution >= 4 is 15.7 Å². The Labute approximate surface area is 90.6 Å². The molecule has 0 saturated heterocycles. The van der Waals surface area contributed by atoms with Crippen LogP contribution in [0, 0.1) is 0 Å². The van der Waals surface area contributed by atoms with Gasteiger partial charge in [-0.1, -0.05) is 0 Å². The van der Waals surface area contributed by atoms with Crippen LogP contribution >= 0.6 is 0 Å². The van der Waals surface area contributed by atoms with Crippen LogP contribution in [0.3, 0.4) is 0 Å². The van der Waals surface area contributed by atoms with E-state index >= 15 is 0 Å². The molecule has 0 aliphatic carbocycles. The molecule has 2 rings (SSSR count). The molecule has 0 aliphatic rings. The fourth-order valence-corrected chi connectivity index (χ4v) is 0.556. The van der Waals surface area contributed by atoms with E-state index in [0.29, 0.717) is 0 Å². The van der Waals surface area contributed by atoms with Crippen molar-refractivity contribution in [2.75, 3.05) is 0 Å². The first-order valence-electron chi connectivity index (χ1n) is 3.86. The van der Waals surface area contributed by atoms with Crippen molar-refractivity contribution in [3.05, 3.63) is 49.1 Å². The molecule has 5 nitrogen and oxygen atoms in total. The first-order valence-corrected chi connectivity index (χ1v) is 3.86. The molecule has 76 valence electrons. The molecule has 0 amide bonds. The molecule has 2 heterocycles. The zero-order valence-corrected chi connectivity index (χ0v) is 8.00. The number of aromatic amines is 2. The monoisotopic (exact) mass is 204 g/mol. The molecule has 0 unspecified atom stereocenters. The number of rotatable bonds is 0. The van der Waals surface area contributed by atoms with E-state index in [-0.39, 0.29) is 8.41 Å². The molecule has 0 spiro atoms. The van der Waals surface area contributed by atoms with Crippen molar-refractivity contribution in [3.8, 4) is 0 Å². The number of aromatic nitrogens is 2. The minimum atomic E-state index is -2.92. The Hall–Kier alpha value is -1.43. The van der Waals surface area contributed by atoms with E-state index < -0.39 is 7.32 Å². The number of nitrogens with one attached hydrogen (secondary N) is 2. The zero-order chi connectivity index (χ0) is 10.6. The third kappa shape index (κ3) is 19.1. The van der Waals surface area contributed by atoms with Gasteiger partial charge in [-0.2, -0.15) is 0 Å². The van der Waals surface area contributed by atoms with Gasteiger partial charge in [0.15, 0.2) is 0 Å². The molecular formula is C8H10B2N2O3. The van der Waals surface area contributed by atoms with Crippen LogP contribution in [0.4, 0.5) is 0 Å². The largest absolute Gasteiger partial charge is 3.00 e. The molecule has 2 N–H and O–H groups in total. The Morgan fingerprint density at radius 3 is 0.933 bits per heavy atom. The van der Waals surface area contributed by atoms with E-state index in [0.717, 1.165) is 0 Å². The molecule has 15 heavy (non-hydrogen) atoms. The Morgan fingerprint density at radius 2 is 0.867 bits per heavy atom. The van der Waals surface area contributed by atoms with Gasteiger partial charge in [0, 0.05) is 24.8 Å². The number of H-pyrrole nitrogens is 2. The van der Waals surface area contributed by atoms with Gasteiger partial charge in [-0.15, -0.1) is 0 Å². The molecule has 0 aromatic carbocycles. The average Bonchev–Trinajstić information content (AvgIpc) is 2.83. The summed E-state index contributed by atoms with van der Waals surface area (Å²) >= 11 is 0. The first-order chi connectivity index (χ1) is 6.73. The standard InChI is InChI=1S/2C4H5N.BO3.B/c2*1-2-4-5-3-1;2-1(3)4;/h2*1-5H;;/q;;-3;+3. The SMILES string of the molecule is [B+3].[O-]B([O-])[O-].c1cc[nH]c1.c1cc[nH]c1. The molecular weight excluding hydrogens is 194 g/mol. The van der Waals surface area contributed by atoms with Gasteiger partial charge in [0.2, 0.25) is 0 Å². The maximum atomic E-state index is 8.42. The van der Waals surface area contributed by atoms with Crippen LogP contribution in [-0.2, 0) is 0 Å². The smallest absolute Gasteiger partial charge is 0.907 e. The number of hydrogen-bond acceptors (Lipinski definition) is 3. The molecule has 0 radical (unpaired) electrons. The van der Waals surface area contributed by atoms with Crippen LogP contribution in [0.25, 0.3) is 0 Å². The summed E-state index contributed by atoms with van der Waals surface area (Å²) in [7, 11) is -2.92. The van der Waals surface area contributed by atoms with E-state index in [2.05, 4.69) is 9.97 Å². The normalized spacial score (nSPS) is 7.13. The van der Waals surface area contributed by atoms with Gasteiger partial charge in [-0.3, -0.25) is 7.32 Å². The van der Waals surface area contributed by atoms with Crippen LogP contribution in [0.1, 0.15) is 0 Å². The molecule has 2 aromatic rings. The van der Waals surface area contributed by atoms with Crippen LogP contribution in [0.15, 0.2) is 49.1 Å². The van der Waals surface area contributed by atoms with Crippen molar-refractivity contribution in [2.24, 2.45) is 0 Å². The fraction of sp³-hybridized carbons (Fsp3) is 0. The van der Waals surface area contributed by atoms with Crippen molar-refractivity contribution in [1.82, 2.24) is 9.97 Å². The predicted octanol–water partition coefficient (Wildman–Crippen LogP) is -2.30. The van der Waals surface area contributed by atoms with Gasteiger partial charge in [-0.25, -0.2) is 0 Å². The Balaban J connectivity index is 0. The predicted molar refractivity (Wildman–Crippen MR) is 53.1 cm³/mol. The van der Waals surface area contributed by atoms with Gasteiger partial charge in [0.05, 0.1) is 0 Å². The Morgan fingerprint density at radius 1 is 0.667 bits per heavy atom. The molecule has 0 atom stereocenters. The van der Waals surface area contributed by atoms with E-state index in [9.17, 15) is 0 Å². The third-order valence-corrected chi connectivity index (χ3v) is 0.992. The van der Waals surface area contributed by atoms with E-state index in [1.54, 1.807) is 0 Å². The third-order valence-electron chi connectivity index (χ3n) is 0.992. The summed E-state index contributed by atoms with van der Waals surface area (Å²) in [6, 6.07) is 7.78. The fourth-order valence-electron chi connectivity index (χ4n) is 0.556. The van der Waals surface area contributed by atoms with E-state index in [1.807, 2.05) is 49.1 Å². The second-order valence-corrected chi connectivity index (χ2v) is 2.06. The van der Waals surface area contributed by atoms with Crippen LogP contribution in [-0.4, -0.2) is 25.7 Å². The second-order valence-electron chi connectivity index (χ2n) is 2.06. The molecule has 0 fully saturated rings. The number of hydrogen-bond donors (Lipinski definition) is 2. The molecule has 0 saturated carbocycles. The van der Waals surface area contributed by atoms with Crippen LogP contribution in [0.5, 0.6) is 0 Å². The van der Waals surface area contributed by atoms with Crippen LogP contribution in [0.2, 0.25) is 0 Å². The summed E-state index contributed by atoms with van der Waals surface area (Å²) in [5.41, 5.74) is 0. The first kappa shape index (κ1) is 16.0. The molecule has 0 bridgehead atoms. The van der Waals surface area contributed by atoms with Gasteiger partial charge in [0.25, 0.3) is 0 Å². The Kier molecular flexibility index (Phi) is 13.4. The molecule has 7 heteroatoms. The van der Waals surface area contributed by atoms with E-state index in [4.69, 9.17) is 15.1 Å². The molecule has 0 aliphatic heterocycles. The van der Waals surface area contributed by atoms with Crippen molar-refractivity contribution in [1.29, 1.82) is 0 Å². The minimum absolute atomic E-state index is 0. The van der Waals surface area contributed by atoms with Crippen molar-refractivity contribution in [2.45, 2.75) is 0 Å². The summed E-state index contributed by atoms with van der Waals surface area (Å²) in [5, 5.41) is 25.2. The summed E-state index contributed by atoms with van der Waals surface area (Å²) in [6.45, 7) is 0. The quantitative estimate of drug-likeness (QED) is 0.471. The maximum absolute atomic E-state index is 8.42. The van der Waals surface area contributed by atoms with E-state index in [1.165, 1.54) is 0 Å². The Bertz CT molecular complexity index is 198.